The first-order chi connectivity index (χ1) is 11.7. The second kappa shape index (κ2) is 7.55. The van der Waals surface area contributed by atoms with Crippen LogP contribution in [0.15, 0.2) is 53.4 Å². The molecule has 1 unspecified atom stereocenters. The number of para-hydroxylation sites is 1. The highest BCUT2D eigenvalue weighted by molar-refractivity contribution is 7.07. The lowest BCUT2D eigenvalue weighted by atomic mass is 10.1. The molecule has 0 aliphatic rings. The summed E-state index contributed by atoms with van der Waals surface area (Å²) in [5.41, 5.74) is 2.36. The van der Waals surface area contributed by atoms with Crippen molar-refractivity contribution in [2.24, 2.45) is 0 Å². The van der Waals surface area contributed by atoms with Crippen molar-refractivity contribution >= 4 is 28.1 Å². The molecule has 0 radical (unpaired) electrons. The van der Waals surface area contributed by atoms with Gasteiger partial charge in [-0.1, -0.05) is 25.1 Å². The quantitative estimate of drug-likeness (QED) is 0.744. The molecule has 1 aromatic carbocycles. The monoisotopic (exact) mass is 340 g/mol. The van der Waals surface area contributed by atoms with E-state index in [0.29, 0.717) is 24.0 Å². The Bertz CT molecular complexity index is 808. The van der Waals surface area contributed by atoms with E-state index in [4.69, 9.17) is 0 Å². The summed E-state index contributed by atoms with van der Waals surface area (Å²) < 4.78 is 0. The highest BCUT2D eigenvalue weighted by Crippen LogP contribution is 2.21. The van der Waals surface area contributed by atoms with E-state index in [1.54, 1.807) is 22.4 Å². The Hall–Kier alpha value is -2.24. The maximum Gasteiger partial charge on any atom is 0.256 e. The summed E-state index contributed by atoms with van der Waals surface area (Å²) in [7, 11) is 0. The van der Waals surface area contributed by atoms with Crippen molar-refractivity contribution in [2.75, 3.05) is 6.61 Å². The van der Waals surface area contributed by atoms with E-state index in [-0.39, 0.29) is 18.6 Å². The number of pyridine rings is 1. The van der Waals surface area contributed by atoms with Gasteiger partial charge in [0.1, 0.15) is 0 Å². The van der Waals surface area contributed by atoms with Gasteiger partial charge in [0.05, 0.1) is 23.7 Å². The molecule has 0 saturated heterocycles. The van der Waals surface area contributed by atoms with Gasteiger partial charge in [0, 0.05) is 18.1 Å². The highest BCUT2D eigenvalue weighted by atomic mass is 32.1. The predicted molar refractivity (Wildman–Crippen MR) is 97.1 cm³/mol. The van der Waals surface area contributed by atoms with Crippen LogP contribution in [-0.2, 0) is 6.54 Å². The number of aliphatic hydroxyl groups is 1. The van der Waals surface area contributed by atoms with Crippen molar-refractivity contribution < 1.29 is 9.90 Å². The normalized spacial score (nSPS) is 12.2. The lowest BCUT2D eigenvalue weighted by molar-refractivity contribution is 0.0566. The molecule has 1 atom stereocenters. The van der Waals surface area contributed by atoms with E-state index < -0.39 is 0 Å². The SMILES string of the molecule is CCC(CO)N(Cc1ccsc1)C(=O)c1cccc2cccnc12. The van der Waals surface area contributed by atoms with Crippen LogP contribution in [0.3, 0.4) is 0 Å². The van der Waals surface area contributed by atoms with Crippen LogP contribution in [0.1, 0.15) is 29.3 Å². The van der Waals surface area contributed by atoms with Crippen molar-refractivity contribution in [3.63, 3.8) is 0 Å². The number of nitrogens with zero attached hydrogens (tertiary/aromatic N) is 2. The third-order valence-electron chi connectivity index (χ3n) is 4.18. The summed E-state index contributed by atoms with van der Waals surface area (Å²) in [4.78, 5) is 19.4. The minimum atomic E-state index is -0.212. The van der Waals surface area contributed by atoms with E-state index in [1.165, 1.54) is 0 Å². The fraction of sp³-hybridized carbons (Fsp3) is 0.263. The van der Waals surface area contributed by atoms with Crippen LogP contribution in [-0.4, -0.2) is 33.5 Å². The zero-order valence-electron chi connectivity index (χ0n) is 13.6. The molecule has 1 N–H and O–H groups in total. The van der Waals surface area contributed by atoms with E-state index in [9.17, 15) is 9.90 Å². The number of aliphatic hydroxyl groups excluding tert-OH is 1. The Morgan fingerprint density at radius 1 is 1.29 bits per heavy atom. The molecule has 1 amide bonds. The fourth-order valence-electron chi connectivity index (χ4n) is 2.83. The van der Waals surface area contributed by atoms with Gasteiger partial charge in [-0.05, 0) is 40.9 Å². The molecule has 0 aliphatic carbocycles. The molecule has 0 aliphatic heterocycles. The second-order valence-corrected chi connectivity index (χ2v) is 6.47. The predicted octanol–water partition coefficient (Wildman–Crippen LogP) is 3.71. The van der Waals surface area contributed by atoms with Gasteiger partial charge in [-0.2, -0.15) is 11.3 Å². The number of thiophene rings is 1. The zero-order chi connectivity index (χ0) is 16.9. The van der Waals surface area contributed by atoms with Crippen molar-refractivity contribution in [3.05, 3.63) is 64.5 Å². The van der Waals surface area contributed by atoms with Gasteiger partial charge < -0.3 is 10.0 Å². The highest BCUT2D eigenvalue weighted by Gasteiger charge is 2.25. The zero-order valence-corrected chi connectivity index (χ0v) is 14.4. The molecule has 24 heavy (non-hydrogen) atoms. The summed E-state index contributed by atoms with van der Waals surface area (Å²) >= 11 is 1.61. The van der Waals surface area contributed by atoms with Crippen LogP contribution < -0.4 is 0 Å². The van der Waals surface area contributed by atoms with E-state index in [2.05, 4.69) is 4.98 Å². The summed E-state index contributed by atoms with van der Waals surface area (Å²) in [5, 5.41) is 14.7. The molecule has 0 fully saturated rings. The molecule has 2 heterocycles. The van der Waals surface area contributed by atoms with Crippen LogP contribution in [0.2, 0.25) is 0 Å². The lowest BCUT2D eigenvalue weighted by Gasteiger charge is -2.30. The van der Waals surface area contributed by atoms with Crippen LogP contribution in [0, 0.1) is 0 Å². The van der Waals surface area contributed by atoms with Crippen molar-refractivity contribution in [1.82, 2.24) is 9.88 Å². The summed E-state index contributed by atoms with van der Waals surface area (Å²) in [6.07, 6.45) is 2.40. The van der Waals surface area contributed by atoms with Crippen LogP contribution in [0.5, 0.6) is 0 Å². The van der Waals surface area contributed by atoms with Gasteiger partial charge in [-0.15, -0.1) is 0 Å². The molecule has 124 valence electrons. The molecule has 4 nitrogen and oxygen atoms in total. The first-order valence-electron chi connectivity index (χ1n) is 8.01. The maximum absolute atomic E-state index is 13.2. The number of carbonyl (C=O) groups is 1. The van der Waals surface area contributed by atoms with Crippen LogP contribution >= 0.6 is 11.3 Å². The third kappa shape index (κ3) is 3.32. The van der Waals surface area contributed by atoms with E-state index in [1.807, 2.05) is 54.1 Å². The number of aromatic nitrogens is 1. The molecule has 3 aromatic rings. The van der Waals surface area contributed by atoms with Crippen LogP contribution in [0.4, 0.5) is 0 Å². The topological polar surface area (TPSA) is 53.4 Å². The van der Waals surface area contributed by atoms with Gasteiger partial charge in [0.25, 0.3) is 5.91 Å². The second-order valence-electron chi connectivity index (χ2n) is 5.69. The van der Waals surface area contributed by atoms with Gasteiger partial charge in [-0.25, -0.2) is 0 Å². The number of fused-ring (bicyclic) bond motifs is 1. The van der Waals surface area contributed by atoms with Gasteiger partial charge in [0.2, 0.25) is 0 Å². The molecule has 0 bridgehead atoms. The smallest absolute Gasteiger partial charge is 0.256 e. The molecular weight excluding hydrogens is 320 g/mol. The minimum Gasteiger partial charge on any atom is -0.394 e. The number of carbonyl (C=O) groups excluding carboxylic acids is 1. The Morgan fingerprint density at radius 2 is 2.12 bits per heavy atom. The molecule has 0 saturated carbocycles. The van der Waals surface area contributed by atoms with Crippen molar-refractivity contribution in [3.8, 4) is 0 Å². The summed E-state index contributed by atoms with van der Waals surface area (Å²) in [5.74, 6) is -0.0913. The Labute approximate surface area is 145 Å². The Kier molecular flexibility index (Phi) is 5.23. The van der Waals surface area contributed by atoms with Crippen LogP contribution in [0.25, 0.3) is 10.9 Å². The average molecular weight is 340 g/mol. The minimum absolute atomic E-state index is 0.0510. The summed E-state index contributed by atoms with van der Waals surface area (Å²) in [6, 6.07) is 11.2. The Morgan fingerprint density at radius 3 is 2.83 bits per heavy atom. The number of benzene rings is 1. The van der Waals surface area contributed by atoms with Crippen molar-refractivity contribution in [2.45, 2.75) is 25.9 Å². The van der Waals surface area contributed by atoms with Gasteiger partial charge in [0.15, 0.2) is 0 Å². The molecule has 3 rings (SSSR count). The number of hydrogen-bond acceptors (Lipinski definition) is 4. The average Bonchev–Trinajstić information content (AvgIpc) is 3.14. The summed E-state index contributed by atoms with van der Waals surface area (Å²) in [6.45, 7) is 2.42. The van der Waals surface area contributed by atoms with Gasteiger partial charge >= 0.3 is 0 Å². The first kappa shape index (κ1) is 16.6. The number of hydrogen-bond donors (Lipinski definition) is 1. The number of amides is 1. The molecule has 2 aromatic heterocycles. The van der Waals surface area contributed by atoms with E-state index >= 15 is 0 Å². The maximum atomic E-state index is 13.2. The van der Waals surface area contributed by atoms with E-state index in [0.717, 1.165) is 10.9 Å². The van der Waals surface area contributed by atoms with Crippen molar-refractivity contribution in [1.29, 1.82) is 0 Å². The van der Waals surface area contributed by atoms with Gasteiger partial charge in [-0.3, -0.25) is 9.78 Å². The molecular formula is C19H20N2O2S. The standard InChI is InChI=1S/C19H20N2O2S/c1-2-16(12-22)21(11-14-8-10-24-13-14)19(23)17-7-3-5-15-6-4-9-20-18(15)17/h3-10,13,16,22H,2,11-12H2,1H3. The lowest BCUT2D eigenvalue weighted by Crippen LogP contribution is -2.41. The first-order valence-corrected chi connectivity index (χ1v) is 8.95. The fourth-order valence-corrected chi connectivity index (χ4v) is 3.49. The third-order valence-corrected chi connectivity index (χ3v) is 4.91. The molecule has 0 spiro atoms. The Balaban J connectivity index is 2.00. The number of rotatable bonds is 6. The molecule has 5 heteroatoms. The largest absolute Gasteiger partial charge is 0.394 e.